The van der Waals surface area contributed by atoms with Crippen LogP contribution in [0.3, 0.4) is 0 Å². The third-order valence-electron chi connectivity index (χ3n) is 3.16. The zero-order valence-corrected chi connectivity index (χ0v) is 9.42. The Morgan fingerprint density at radius 2 is 2.07 bits per heavy atom. The molecule has 1 unspecified atom stereocenters. The van der Waals surface area contributed by atoms with Gasteiger partial charge in [-0.25, -0.2) is 0 Å². The molecule has 1 rings (SSSR count). The van der Waals surface area contributed by atoms with Gasteiger partial charge in [-0.3, -0.25) is 0 Å². The van der Waals surface area contributed by atoms with Gasteiger partial charge in [0.25, 0.3) is 0 Å². The molecule has 1 aliphatic rings. The number of aliphatic hydroxyl groups excluding tert-OH is 1. The average molecular weight is 194 g/mol. The Bertz CT molecular complexity index is 217. The molecule has 1 aliphatic carbocycles. The van der Waals surface area contributed by atoms with Crippen molar-refractivity contribution in [3.63, 3.8) is 0 Å². The first-order valence-electron chi connectivity index (χ1n) is 5.87. The lowest BCUT2D eigenvalue weighted by atomic mass is 9.82. The molecule has 1 nitrogen and oxygen atoms in total. The van der Waals surface area contributed by atoms with Crippen LogP contribution in [0.25, 0.3) is 0 Å². The van der Waals surface area contributed by atoms with Crippen LogP contribution in [0.4, 0.5) is 0 Å². The molecular weight excluding hydrogens is 172 g/mol. The van der Waals surface area contributed by atoms with E-state index < -0.39 is 0 Å². The van der Waals surface area contributed by atoms with E-state index in [1.807, 2.05) is 13.0 Å². The first-order chi connectivity index (χ1) is 6.79. The minimum absolute atomic E-state index is 0.239. The summed E-state index contributed by atoms with van der Waals surface area (Å²) in [4.78, 5) is 0. The molecule has 0 aromatic rings. The highest BCUT2D eigenvalue weighted by atomic mass is 16.3. The zero-order valence-electron chi connectivity index (χ0n) is 9.42. The summed E-state index contributed by atoms with van der Waals surface area (Å²) in [7, 11) is 0. The van der Waals surface area contributed by atoms with Crippen LogP contribution in [0.1, 0.15) is 52.4 Å². The molecule has 1 fully saturated rings. The Balaban J connectivity index is 2.61. The van der Waals surface area contributed by atoms with E-state index in [-0.39, 0.29) is 6.10 Å². The van der Waals surface area contributed by atoms with Gasteiger partial charge in [-0.05, 0) is 43.8 Å². The van der Waals surface area contributed by atoms with Crippen molar-refractivity contribution in [2.45, 2.75) is 58.5 Å². The highest BCUT2D eigenvalue weighted by molar-refractivity contribution is 5.08. The van der Waals surface area contributed by atoms with Gasteiger partial charge in [-0.1, -0.05) is 26.2 Å². The van der Waals surface area contributed by atoms with Crippen molar-refractivity contribution in [2.24, 2.45) is 5.92 Å². The van der Waals surface area contributed by atoms with Crippen LogP contribution in [-0.2, 0) is 0 Å². The maximum absolute atomic E-state index is 10.1. The molecule has 0 spiro atoms. The predicted octanol–water partition coefficient (Wildman–Crippen LogP) is 3.44. The van der Waals surface area contributed by atoms with Crippen molar-refractivity contribution in [1.29, 1.82) is 0 Å². The summed E-state index contributed by atoms with van der Waals surface area (Å²) in [6, 6.07) is 0. The van der Waals surface area contributed by atoms with E-state index in [0.29, 0.717) is 5.92 Å². The van der Waals surface area contributed by atoms with E-state index in [9.17, 15) is 5.11 Å². The quantitative estimate of drug-likeness (QED) is 0.682. The van der Waals surface area contributed by atoms with Crippen molar-refractivity contribution in [3.8, 4) is 0 Å². The molecule has 0 bridgehead atoms. The van der Waals surface area contributed by atoms with Crippen LogP contribution in [0.15, 0.2) is 17.4 Å². The van der Waals surface area contributed by atoms with Gasteiger partial charge in [0.05, 0.1) is 6.10 Å². The normalized spacial score (nSPS) is 19.9. The van der Waals surface area contributed by atoms with Gasteiger partial charge in [0.1, 0.15) is 0 Å². The molecule has 1 atom stereocenters. The second kappa shape index (κ2) is 6.06. The van der Waals surface area contributed by atoms with Gasteiger partial charge in [-0.2, -0.15) is 0 Å². The molecule has 1 saturated carbocycles. The van der Waals surface area contributed by atoms with Crippen LogP contribution in [0, 0.1) is 5.92 Å². The highest BCUT2D eigenvalue weighted by Crippen LogP contribution is 2.29. The molecule has 0 aromatic heterocycles. The van der Waals surface area contributed by atoms with E-state index in [0.717, 1.165) is 12.0 Å². The predicted molar refractivity (Wildman–Crippen MR) is 60.1 cm³/mol. The molecule has 1 N–H and O–H groups in total. The van der Waals surface area contributed by atoms with Crippen molar-refractivity contribution in [1.82, 2.24) is 0 Å². The first kappa shape index (κ1) is 11.6. The van der Waals surface area contributed by atoms with E-state index in [2.05, 4.69) is 12.7 Å². The molecule has 0 radical (unpaired) electrons. The first-order valence-corrected chi connectivity index (χ1v) is 5.87. The molecule has 0 amide bonds. The third kappa shape index (κ3) is 3.01. The van der Waals surface area contributed by atoms with E-state index >= 15 is 0 Å². The zero-order chi connectivity index (χ0) is 10.4. The number of hydrogen-bond acceptors (Lipinski definition) is 1. The van der Waals surface area contributed by atoms with Gasteiger partial charge in [0, 0.05) is 0 Å². The summed E-state index contributed by atoms with van der Waals surface area (Å²) >= 11 is 0. The average Bonchev–Trinajstić information content (AvgIpc) is 2.26. The molecule has 0 aromatic carbocycles. The summed E-state index contributed by atoms with van der Waals surface area (Å²) in [5.41, 5.74) is 4.25. The van der Waals surface area contributed by atoms with Crippen LogP contribution >= 0.6 is 0 Å². The van der Waals surface area contributed by atoms with E-state index in [4.69, 9.17) is 0 Å². The molecule has 1 heteroatoms. The van der Waals surface area contributed by atoms with E-state index in [1.165, 1.54) is 32.1 Å². The third-order valence-corrected chi connectivity index (χ3v) is 3.16. The topological polar surface area (TPSA) is 20.2 Å². The number of hydrogen-bond donors (Lipinski definition) is 1. The summed E-state index contributed by atoms with van der Waals surface area (Å²) in [5, 5.41) is 10.1. The second-order valence-corrected chi connectivity index (χ2v) is 4.15. The van der Waals surface area contributed by atoms with Crippen LogP contribution in [-0.4, -0.2) is 11.2 Å². The molecule has 0 heterocycles. The Morgan fingerprint density at radius 3 is 2.57 bits per heavy atom. The highest BCUT2D eigenvalue weighted by Gasteiger charge is 2.23. The van der Waals surface area contributed by atoms with Gasteiger partial charge in [0.15, 0.2) is 0 Å². The lowest BCUT2D eigenvalue weighted by molar-refractivity contribution is 0.113. The summed E-state index contributed by atoms with van der Waals surface area (Å²) in [6.45, 7) is 4.06. The van der Waals surface area contributed by atoms with Gasteiger partial charge in [-0.15, -0.1) is 5.73 Å². The van der Waals surface area contributed by atoms with Crippen molar-refractivity contribution >= 4 is 0 Å². The number of aliphatic hydroxyl groups is 1. The standard InChI is InChI=1S/C13H22O/c1-3-8-11(4-2)13(14)12-9-6-5-7-10-12/h3,12-14H,4-7,9-10H2,1-2H3. The minimum Gasteiger partial charge on any atom is -0.388 e. The second-order valence-electron chi connectivity index (χ2n) is 4.15. The largest absolute Gasteiger partial charge is 0.388 e. The SMILES string of the molecule is CC=C=C(CC)C(O)C1CCCCC1. The van der Waals surface area contributed by atoms with Crippen molar-refractivity contribution in [2.75, 3.05) is 0 Å². The van der Waals surface area contributed by atoms with E-state index in [1.54, 1.807) is 0 Å². The van der Waals surface area contributed by atoms with Crippen molar-refractivity contribution in [3.05, 3.63) is 17.4 Å². The molecule has 0 saturated heterocycles. The Labute approximate surface area is 87.5 Å². The number of rotatable bonds is 3. The lowest BCUT2D eigenvalue weighted by Crippen LogP contribution is -2.24. The molecule has 80 valence electrons. The Kier molecular flexibility index (Phi) is 5.00. The molecular formula is C13H22O. The minimum atomic E-state index is -0.239. The monoisotopic (exact) mass is 194 g/mol. The summed E-state index contributed by atoms with van der Waals surface area (Å²) < 4.78 is 0. The van der Waals surface area contributed by atoms with Gasteiger partial charge < -0.3 is 5.11 Å². The Morgan fingerprint density at radius 1 is 1.43 bits per heavy atom. The fourth-order valence-corrected chi connectivity index (χ4v) is 2.32. The van der Waals surface area contributed by atoms with Crippen LogP contribution < -0.4 is 0 Å². The smallest absolute Gasteiger partial charge is 0.0851 e. The maximum atomic E-state index is 10.1. The van der Waals surface area contributed by atoms with Gasteiger partial charge >= 0.3 is 0 Å². The van der Waals surface area contributed by atoms with Gasteiger partial charge in [0.2, 0.25) is 0 Å². The fraction of sp³-hybridized carbons (Fsp3) is 0.769. The molecule has 14 heavy (non-hydrogen) atoms. The fourth-order valence-electron chi connectivity index (χ4n) is 2.32. The lowest BCUT2D eigenvalue weighted by Gasteiger charge is -2.27. The Hall–Kier alpha value is -0.520. The summed E-state index contributed by atoms with van der Waals surface area (Å²) in [5.74, 6) is 0.492. The maximum Gasteiger partial charge on any atom is 0.0851 e. The summed E-state index contributed by atoms with van der Waals surface area (Å²) in [6.07, 6.45) is 8.89. The van der Waals surface area contributed by atoms with Crippen LogP contribution in [0.5, 0.6) is 0 Å². The van der Waals surface area contributed by atoms with Crippen molar-refractivity contribution < 1.29 is 5.11 Å². The molecule has 0 aliphatic heterocycles. The van der Waals surface area contributed by atoms with Crippen LogP contribution in [0.2, 0.25) is 0 Å².